The molecule has 1 aromatic carbocycles. The molecule has 2 aliphatic carbocycles. The van der Waals surface area contributed by atoms with E-state index in [0.717, 1.165) is 11.4 Å². The van der Waals surface area contributed by atoms with E-state index in [-0.39, 0.29) is 0 Å². The number of aliphatic imine (C=N–C) groups is 2. The molecule has 4 N–H and O–H groups in total. The average molecular weight is 314 g/mol. The van der Waals surface area contributed by atoms with Crippen LogP contribution in [0.4, 0.5) is 11.4 Å². The molecule has 2 fully saturated rings. The predicted octanol–water partition coefficient (Wildman–Crippen LogP) is 4.68. The second kappa shape index (κ2) is 10.1. The van der Waals surface area contributed by atoms with Crippen molar-refractivity contribution in [1.82, 2.24) is 0 Å². The van der Waals surface area contributed by atoms with Crippen molar-refractivity contribution in [3.05, 3.63) is 24.3 Å². The van der Waals surface area contributed by atoms with Crippen molar-refractivity contribution < 1.29 is 0 Å². The second-order valence-electron chi connectivity index (χ2n) is 6.61. The Hall–Kier alpha value is -1.80. The molecule has 0 aromatic heterocycles. The van der Waals surface area contributed by atoms with Gasteiger partial charge in [-0.25, -0.2) is 9.98 Å². The number of benzene rings is 1. The summed E-state index contributed by atoms with van der Waals surface area (Å²) in [5.41, 5.74) is 12.2. The summed E-state index contributed by atoms with van der Waals surface area (Å²) in [7, 11) is 0. The third kappa shape index (κ3) is 7.34. The van der Waals surface area contributed by atoms with E-state index in [2.05, 4.69) is 16.0 Å². The average Bonchev–Trinajstić information content (AvgIpc) is 2.60. The molecular formula is C19H30N4. The van der Waals surface area contributed by atoms with E-state index in [9.17, 15) is 0 Å². The van der Waals surface area contributed by atoms with Gasteiger partial charge in [0.1, 0.15) is 0 Å². The Balaban J connectivity index is 0.000000203. The fraction of sp³-hybridized carbons (Fsp3) is 0.632. The van der Waals surface area contributed by atoms with Gasteiger partial charge in [-0.1, -0.05) is 38.5 Å². The monoisotopic (exact) mass is 314 g/mol. The number of rotatable bonds is 2. The van der Waals surface area contributed by atoms with Crippen molar-refractivity contribution in [1.29, 1.82) is 0 Å². The van der Waals surface area contributed by atoms with Crippen LogP contribution < -0.4 is 11.5 Å². The molecule has 0 atom stereocenters. The molecule has 0 saturated heterocycles. The lowest BCUT2D eigenvalue weighted by Gasteiger charge is -2.17. The molecule has 4 nitrogen and oxygen atoms in total. The van der Waals surface area contributed by atoms with Crippen LogP contribution in [-0.2, 0) is 0 Å². The van der Waals surface area contributed by atoms with Gasteiger partial charge in [-0.3, -0.25) is 0 Å². The number of nitrogen functional groups attached to an aromatic ring is 2. The summed E-state index contributed by atoms with van der Waals surface area (Å²) in [5, 5.41) is 0. The van der Waals surface area contributed by atoms with Gasteiger partial charge in [-0.15, -0.1) is 0 Å². The van der Waals surface area contributed by atoms with Crippen molar-refractivity contribution in [3.63, 3.8) is 0 Å². The Kier molecular flexibility index (Phi) is 7.68. The summed E-state index contributed by atoms with van der Waals surface area (Å²) in [6.45, 7) is 0. The first kappa shape index (κ1) is 17.6. The summed E-state index contributed by atoms with van der Waals surface area (Å²) in [6, 6.07) is 11.1. The molecule has 0 bridgehead atoms. The lowest BCUT2D eigenvalue weighted by Crippen LogP contribution is -2.10. The van der Waals surface area contributed by atoms with Crippen molar-refractivity contribution in [2.75, 3.05) is 11.5 Å². The van der Waals surface area contributed by atoms with Gasteiger partial charge in [0.05, 0.1) is 18.1 Å². The van der Waals surface area contributed by atoms with Gasteiger partial charge in [0.25, 0.3) is 0 Å². The van der Waals surface area contributed by atoms with Gasteiger partial charge in [0.15, 0.2) is 0 Å². The van der Waals surface area contributed by atoms with E-state index in [1.165, 1.54) is 64.2 Å². The van der Waals surface area contributed by atoms with Crippen molar-refractivity contribution in [2.45, 2.75) is 76.3 Å². The van der Waals surface area contributed by atoms with E-state index in [1.54, 1.807) is 24.3 Å². The summed E-state index contributed by atoms with van der Waals surface area (Å²) >= 11 is 0. The Labute approximate surface area is 140 Å². The summed E-state index contributed by atoms with van der Waals surface area (Å²) < 4.78 is 0. The molecule has 0 amide bonds. The van der Waals surface area contributed by atoms with E-state index >= 15 is 0 Å². The maximum atomic E-state index is 5.37. The molecular weight excluding hydrogens is 284 g/mol. The Morgan fingerprint density at radius 1 is 0.652 bits per heavy atom. The number of nitrogens with two attached hydrogens (primary N) is 2. The van der Waals surface area contributed by atoms with Gasteiger partial charge >= 0.3 is 0 Å². The molecule has 0 unspecified atom stereocenters. The highest BCUT2D eigenvalue weighted by atomic mass is 14.9. The van der Waals surface area contributed by atoms with E-state index in [4.69, 9.17) is 11.5 Å². The predicted molar refractivity (Wildman–Crippen MR) is 98.9 cm³/mol. The third-order valence-electron chi connectivity index (χ3n) is 4.57. The maximum absolute atomic E-state index is 5.37. The number of hydrogen-bond donors (Lipinski definition) is 2. The standard InChI is InChI=1S/C13H22N2.C6H8N2/c1-3-7-12(8-4-1)14-11-15-13-9-5-2-6-10-13;7-5-1-2-6(8)4-3-5/h12-13H,1-10H2;1-4H,7-8H2. The fourth-order valence-electron chi connectivity index (χ4n) is 3.11. The third-order valence-corrected chi connectivity index (χ3v) is 4.57. The Morgan fingerprint density at radius 3 is 1.35 bits per heavy atom. The first-order chi connectivity index (χ1) is 11.2. The SMILES string of the molecule is C(=NC1CCCCC1)=NC1CCCCC1.Nc1ccc(N)cc1. The molecule has 0 spiro atoms. The summed E-state index contributed by atoms with van der Waals surface area (Å²) in [6.07, 6.45) is 13.2. The van der Waals surface area contributed by atoms with Crippen LogP contribution >= 0.6 is 0 Å². The Bertz CT molecular complexity index is 448. The molecule has 4 heteroatoms. The lowest BCUT2D eigenvalue weighted by molar-refractivity contribution is 0.438. The van der Waals surface area contributed by atoms with Crippen molar-refractivity contribution >= 4 is 17.4 Å². The van der Waals surface area contributed by atoms with Crippen LogP contribution in [0, 0.1) is 0 Å². The van der Waals surface area contributed by atoms with Crippen LogP contribution in [0.3, 0.4) is 0 Å². The zero-order valence-corrected chi connectivity index (χ0v) is 14.1. The fourth-order valence-corrected chi connectivity index (χ4v) is 3.11. The van der Waals surface area contributed by atoms with E-state index in [1.807, 2.05) is 0 Å². The Morgan fingerprint density at radius 2 is 1.00 bits per heavy atom. The number of nitrogens with zero attached hydrogens (tertiary/aromatic N) is 2. The van der Waals surface area contributed by atoms with Crippen LogP contribution in [0.15, 0.2) is 34.3 Å². The van der Waals surface area contributed by atoms with E-state index < -0.39 is 0 Å². The zero-order valence-electron chi connectivity index (χ0n) is 14.1. The van der Waals surface area contributed by atoms with Gasteiger partial charge in [0.2, 0.25) is 0 Å². The van der Waals surface area contributed by atoms with Gasteiger partial charge in [-0.05, 0) is 49.9 Å². The van der Waals surface area contributed by atoms with Crippen LogP contribution in [0.5, 0.6) is 0 Å². The van der Waals surface area contributed by atoms with Crippen molar-refractivity contribution in [3.8, 4) is 0 Å². The maximum Gasteiger partial charge on any atom is 0.0898 e. The number of hydrogen-bond acceptors (Lipinski definition) is 4. The molecule has 2 aliphatic rings. The molecule has 0 aliphatic heterocycles. The molecule has 2 saturated carbocycles. The van der Waals surface area contributed by atoms with Gasteiger partial charge < -0.3 is 11.5 Å². The molecule has 0 heterocycles. The van der Waals surface area contributed by atoms with Crippen LogP contribution in [0.25, 0.3) is 0 Å². The highest BCUT2D eigenvalue weighted by Gasteiger charge is 2.12. The minimum atomic E-state index is 0.533. The first-order valence-electron chi connectivity index (χ1n) is 9.00. The summed E-state index contributed by atoms with van der Waals surface area (Å²) in [4.78, 5) is 8.92. The quantitative estimate of drug-likeness (QED) is 0.614. The molecule has 126 valence electrons. The minimum Gasteiger partial charge on any atom is -0.399 e. The normalized spacial score (nSPS) is 19.1. The van der Waals surface area contributed by atoms with Crippen molar-refractivity contribution in [2.24, 2.45) is 9.98 Å². The zero-order chi connectivity index (χ0) is 16.3. The summed E-state index contributed by atoms with van der Waals surface area (Å²) in [5.74, 6) is 0. The smallest absolute Gasteiger partial charge is 0.0898 e. The topological polar surface area (TPSA) is 76.8 Å². The molecule has 3 rings (SSSR count). The minimum absolute atomic E-state index is 0.533. The van der Waals surface area contributed by atoms with E-state index in [0.29, 0.717) is 12.1 Å². The van der Waals surface area contributed by atoms with Crippen LogP contribution in [-0.4, -0.2) is 18.1 Å². The highest BCUT2D eigenvalue weighted by Crippen LogP contribution is 2.21. The lowest BCUT2D eigenvalue weighted by atomic mass is 9.96. The molecule has 1 aromatic rings. The van der Waals surface area contributed by atoms with Gasteiger partial charge in [0, 0.05) is 11.4 Å². The largest absolute Gasteiger partial charge is 0.399 e. The highest BCUT2D eigenvalue weighted by molar-refractivity contribution is 5.47. The van der Waals surface area contributed by atoms with Crippen LogP contribution in [0.2, 0.25) is 0 Å². The number of anilines is 2. The van der Waals surface area contributed by atoms with Gasteiger partial charge in [-0.2, -0.15) is 0 Å². The second-order valence-corrected chi connectivity index (χ2v) is 6.61. The molecule has 0 radical (unpaired) electrons. The molecule has 23 heavy (non-hydrogen) atoms. The van der Waals surface area contributed by atoms with Crippen LogP contribution in [0.1, 0.15) is 64.2 Å². The first-order valence-corrected chi connectivity index (χ1v) is 9.00.